The molecule has 1 aliphatic rings. The van der Waals surface area contributed by atoms with Crippen LogP contribution in [0.3, 0.4) is 0 Å². The summed E-state index contributed by atoms with van der Waals surface area (Å²) >= 11 is 3.41. The minimum Gasteiger partial charge on any atom is -0.507 e. The first-order valence-electron chi connectivity index (χ1n) is 6.65. The van der Waals surface area contributed by atoms with Gasteiger partial charge in [0.1, 0.15) is 5.75 Å². The molecule has 108 valence electrons. The number of halogens is 1. The molecule has 0 atom stereocenters. The van der Waals surface area contributed by atoms with E-state index in [1.807, 2.05) is 46.7 Å². The first kappa shape index (κ1) is 15.6. The number of allylic oxidation sites excluding steroid dienone is 1. The molecule has 0 saturated carbocycles. The summed E-state index contributed by atoms with van der Waals surface area (Å²) in [6.07, 6.45) is 0. The molecular weight excluding hydrogens is 319 g/mol. The van der Waals surface area contributed by atoms with Crippen LogP contribution in [0.25, 0.3) is 5.57 Å². The molecule has 0 unspecified atom stereocenters. The molecular formula is C15H20BBrO3. The minimum absolute atomic E-state index is 0.249. The summed E-state index contributed by atoms with van der Waals surface area (Å²) in [4.78, 5) is 0. The molecule has 3 nitrogen and oxygen atoms in total. The fourth-order valence-electron chi connectivity index (χ4n) is 2.07. The first-order chi connectivity index (χ1) is 9.12. The molecule has 1 N–H and O–H groups in total. The van der Waals surface area contributed by atoms with Crippen molar-refractivity contribution in [1.29, 1.82) is 0 Å². The molecule has 0 bridgehead atoms. The van der Waals surface area contributed by atoms with Gasteiger partial charge in [-0.25, -0.2) is 0 Å². The molecule has 0 aromatic heterocycles. The average Bonchev–Trinajstić information content (AvgIpc) is 2.50. The molecule has 0 spiro atoms. The van der Waals surface area contributed by atoms with E-state index in [9.17, 15) is 5.11 Å². The van der Waals surface area contributed by atoms with E-state index >= 15 is 0 Å². The van der Waals surface area contributed by atoms with E-state index in [2.05, 4.69) is 15.9 Å². The molecule has 0 amide bonds. The predicted octanol–water partition coefficient (Wildman–Crippen LogP) is 4.19. The van der Waals surface area contributed by atoms with Gasteiger partial charge in [0, 0.05) is 10.0 Å². The van der Waals surface area contributed by atoms with Crippen molar-refractivity contribution in [2.75, 3.05) is 0 Å². The van der Waals surface area contributed by atoms with Crippen LogP contribution in [-0.2, 0) is 9.31 Å². The summed E-state index contributed by atoms with van der Waals surface area (Å²) in [5, 5.41) is 9.94. The van der Waals surface area contributed by atoms with E-state index < -0.39 is 7.12 Å². The van der Waals surface area contributed by atoms with Gasteiger partial charge in [-0.1, -0.05) is 21.9 Å². The van der Waals surface area contributed by atoms with Gasteiger partial charge in [0.25, 0.3) is 0 Å². The highest BCUT2D eigenvalue weighted by atomic mass is 79.9. The largest absolute Gasteiger partial charge is 0.507 e. The summed E-state index contributed by atoms with van der Waals surface area (Å²) in [7, 11) is -0.404. The van der Waals surface area contributed by atoms with E-state index in [1.165, 1.54) is 0 Å². The predicted molar refractivity (Wildman–Crippen MR) is 85.5 cm³/mol. The highest BCUT2D eigenvalue weighted by molar-refractivity contribution is 9.10. The minimum atomic E-state index is -0.404. The highest BCUT2D eigenvalue weighted by Gasteiger charge is 2.50. The third kappa shape index (κ3) is 2.95. The Morgan fingerprint density at radius 2 is 1.75 bits per heavy atom. The maximum atomic E-state index is 9.94. The number of rotatable bonds is 2. The van der Waals surface area contributed by atoms with Crippen molar-refractivity contribution in [3.63, 3.8) is 0 Å². The van der Waals surface area contributed by atoms with Crippen molar-refractivity contribution in [3.8, 4) is 5.75 Å². The second-order valence-electron chi connectivity index (χ2n) is 6.14. The van der Waals surface area contributed by atoms with Crippen molar-refractivity contribution in [3.05, 3.63) is 34.2 Å². The van der Waals surface area contributed by atoms with Gasteiger partial charge in [-0.2, -0.15) is 0 Å². The second-order valence-corrected chi connectivity index (χ2v) is 7.05. The summed E-state index contributed by atoms with van der Waals surface area (Å²) in [5.74, 6) is 2.15. The zero-order valence-corrected chi connectivity index (χ0v) is 14.1. The van der Waals surface area contributed by atoms with Gasteiger partial charge in [-0.05, 0) is 58.4 Å². The van der Waals surface area contributed by atoms with E-state index in [4.69, 9.17) is 9.31 Å². The van der Waals surface area contributed by atoms with E-state index in [1.54, 1.807) is 12.1 Å². The fourth-order valence-corrected chi connectivity index (χ4v) is 2.44. The third-order valence-corrected chi connectivity index (χ3v) is 4.53. The number of hydrogen-bond donors (Lipinski definition) is 1. The summed E-state index contributed by atoms with van der Waals surface area (Å²) in [6, 6.07) is 5.36. The fraction of sp³-hybridized carbons (Fsp3) is 0.467. The van der Waals surface area contributed by atoms with Crippen LogP contribution in [0.5, 0.6) is 5.75 Å². The van der Waals surface area contributed by atoms with Crippen LogP contribution < -0.4 is 0 Å². The molecule has 5 heteroatoms. The molecule has 1 fully saturated rings. The van der Waals surface area contributed by atoms with Crippen LogP contribution in [0.1, 0.15) is 40.2 Å². The second kappa shape index (κ2) is 5.21. The highest BCUT2D eigenvalue weighted by Crippen LogP contribution is 2.38. The Kier molecular flexibility index (Phi) is 4.06. The molecule has 1 aliphatic heterocycles. The molecule has 1 aromatic carbocycles. The quantitative estimate of drug-likeness (QED) is 0.822. The molecule has 0 aliphatic carbocycles. The molecule has 1 heterocycles. The van der Waals surface area contributed by atoms with Gasteiger partial charge in [-0.15, -0.1) is 0 Å². The van der Waals surface area contributed by atoms with Crippen molar-refractivity contribution in [1.82, 2.24) is 0 Å². The molecule has 1 saturated heterocycles. The molecule has 2 rings (SSSR count). The van der Waals surface area contributed by atoms with E-state index in [-0.39, 0.29) is 17.0 Å². The van der Waals surface area contributed by atoms with Crippen molar-refractivity contribution >= 4 is 28.6 Å². The smallest absolute Gasteiger partial charge is 0.487 e. The van der Waals surface area contributed by atoms with E-state index in [0.29, 0.717) is 0 Å². The van der Waals surface area contributed by atoms with Crippen LogP contribution in [0.4, 0.5) is 0 Å². The lowest BCUT2D eigenvalue weighted by Crippen LogP contribution is -2.41. The number of phenols is 1. The zero-order valence-electron chi connectivity index (χ0n) is 12.5. The van der Waals surface area contributed by atoms with Crippen LogP contribution >= 0.6 is 15.9 Å². The summed E-state index contributed by atoms with van der Waals surface area (Å²) in [5.41, 5.74) is 0.984. The Bertz CT molecular complexity index is 536. The Labute approximate surface area is 129 Å². The number of benzene rings is 1. The maximum absolute atomic E-state index is 9.94. The standard InChI is InChI=1S/C15H20BBrO3/c1-10(12-8-11(17)6-7-13(12)18)9-16-19-14(2,3)15(4,5)20-16/h6-9,18H,1-5H3/b10-9+. The first-order valence-corrected chi connectivity index (χ1v) is 7.45. The van der Waals surface area contributed by atoms with Crippen LogP contribution in [0.15, 0.2) is 28.6 Å². The van der Waals surface area contributed by atoms with Crippen molar-refractivity contribution < 1.29 is 14.4 Å². The topological polar surface area (TPSA) is 38.7 Å². The molecule has 1 aromatic rings. The van der Waals surface area contributed by atoms with Crippen LogP contribution in [0.2, 0.25) is 0 Å². The summed E-state index contributed by atoms with van der Waals surface area (Å²) in [6.45, 7) is 10.0. The Morgan fingerprint density at radius 3 is 2.30 bits per heavy atom. The monoisotopic (exact) mass is 338 g/mol. The van der Waals surface area contributed by atoms with Gasteiger partial charge < -0.3 is 14.4 Å². The summed E-state index contributed by atoms with van der Waals surface area (Å²) < 4.78 is 12.8. The van der Waals surface area contributed by atoms with Gasteiger partial charge in [-0.3, -0.25) is 0 Å². The number of hydrogen-bond acceptors (Lipinski definition) is 3. The lowest BCUT2D eigenvalue weighted by molar-refractivity contribution is 0.00578. The molecule has 20 heavy (non-hydrogen) atoms. The van der Waals surface area contributed by atoms with Gasteiger partial charge >= 0.3 is 7.12 Å². The maximum Gasteiger partial charge on any atom is 0.487 e. The van der Waals surface area contributed by atoms with Crippen molar-refractivity contribution in [2.24, 2.45) is 0 Å². The Hall–Kier alpha value is -0.775. The lowest BCUT2D eigenvalue weighted by atomic mass is 9.85. The number of phenolic OH excluding ortho intramolecular Hbond substituents is 1. The lowest BCUT2D eigenvalue weighted by Gasteiger charge is -2.32. The normalized spacial score (nSPS) is 21.3. The SMILES string of the molecule is C/C(=C\B1OC(C)(C)C(C)(C)O1)c1cc(Br)ccc1O. The van der Waals surface area contributed by atoms with Crippen molar-refractivity contribution in [2.45, 2.75) is 45.8 Å². The van der Waals surface area contributed by atoms with Crippen LogP contribution in [-0.4, -0.2) is 23.4 Å². The van der Waals surface area contributed by atoms with Crippen LogP contribution in [0, 0.1) is 0 Å². The third-order valence-electron chi connectivity index (χ3n) is 4.04. The Balaban J connectivity index is 2.26. The Morgan fingerprint density at radius 1 is 1.20 bits per heavy atom. The molecule has 0 radical (unpaired) electrons. The van der Waals surface area contributed by atoms with E-state index in [0.717, 1.165) is 15.6 Å². The zero-order chi connectivity index (χ0) is 15.1. The van der Waals surface area contributed by atoms with Gasteiger partial charge in [0.15, 0.2) is 0 Å². The number of aromatic hydroxyl groups is 1. The van der Waals surface area contributed by atoms with Gasteiger partial charge in [0.2, 0.25) is 0 Å². The average molecular weight is 339 g/mol. The van der Waals surface area contributed by atoms with Gasteiger partial charge in [0.05, 0.1) is 11.2 Å².